The standard InChI is InChI=1S/C11H16N6O3S/c1-2-4-12-11-13-6-9(7-14-11)21(18,19)17-5-3-10-15-8-16-20-10/h6-8,17H,2-5H2,1H3,(H,12,13,14). The van der Waals surface area contributed by atoms with E-state index in [1.165, 1.54) is 18.7 Å². The van der Waals surface area contributed by atoms with Crippen LogP contribution in [0.25, 0.3) is 0 Å². The molecule has 2 N–H and O–H groups in total. The lowest BCUT2D eigenvalue weighted by Crippen LogP contribution is -2.26. The predicted molar refractivity (Wildman–Crippen MR) is 74.0 cm³/mol. The van der Waals surface area contributed by atoms with Gasteiger partial charge >= 0.3 is 0 Å². The summed E-state index contributed by atoms with van der Waals surface area (Å²) < 4.78 is 31.2. The summed E-state index contributed by atoms with van der Waals surface area (Å²) in [6.07, 6.45) is 5.04. The molecule has 0 aromatic carbocycles. The molecule has 0 radical (unpaired) electrons. The highest BCUT2D eigenvalue weighted by Gasteiger charge is 2.15. The summed E-state index contributed by atoms with van der Waals surface area (Å²) in [6.45, 7) is 2.90. The van der Waals surface area contributed by atoms with E-state index in [1.54, 1.807) is 0 Å². The van der Waals surface area contributed by atoms with Crippen molar-refractivity contribution in [2.45, 2.75) is 24.7 Å². The third-order valence-electron chi connectivity index (χ3n) is 2.51. The van der Waals surface area contributed by atoms with Gasteiger partial charge in [-0.05, 0) is 6.42 Å². The Bertz CT molecular complexity index is 641. The minimum absolute atomic E-state index is 0.00933. The zero-order chi connectivity index (χ0) is 15.1. The van der Waals surface area contributed by atoms with Crippen LogP contribution in [0.1, 0.15) is 19.2 Å². The van der Waals surface area contributed by atoms with Crippen molar-refractivity contribution < 1.29 is 12.9 Å². The second-order valence-electron chi connectivity index (χ2n) is 4.15. The van der Waals surface area contributed by atoms with Crippen LogP contribution in [0.4, 0.5) is 5.95 Å². The van der Waals surface area contributed by atoms with Gasteiger partial charge in [-0.25, -0.2) is 23.1 Å². The number of sulfonamides is 1. The maximum absolute atomic E-state index is 12.0. The summed E-state index contributed by atoms with van der Waals surface area (Å²) in [6, 6.07) is 0. The summed E-state index contributed by atoms with van der Waals surface area (Å²) in [5.74, 6) is 0.773. The first-order valence-corrected chi connectivity index (χ1v) is 7.91. The minimum atomic E-state index is -3.64. The zero-order valence-corrected chi connectivity index (χ0v) is 12.3. The van der Waals surface area contributed by atoms with Crippen LogP contribution in [0, 0.1) is 0 Å². The number of aromatic nitrogens is 4. The lowest BCUT2D eigenvalue weighted by molar-refractivity contribution is 0.377. The van der Waals surface area contributed by atoms with E-state index in [9.17, 15) is 8.42 Å². The van der Waals surface area contributed by atoms with Crippen molar-refractivity contribution in [2.24, 2.45) is 0 Å². The lowest BCUT2D eigenvalue weighted by Gasteiger charge is -2.06. The normalized spacial score (nSPS) is 11.5. The molecule has 0 aliphatic rings. The van der Waals surface area contributed by atoms with E-state index in [-0.39, 0.29) is 11.4 Å². The van der Waals surface area contributed by atoms with Crippen LogP contribution in [0.15, 0.2) is 28.1 Å². The molecule has 0 atom stereocenters. The first-order valence-electron chi connectivity index (χ1n) is 6.43. The van der Waals surface area contributed by atoms with Gasteiger partial charge in [0.15, 0.2) is 6.33 Å². The lowest BCUT2D eigenvalue weighted by atomic mass is 10.4. The fourth-order valence-corrected chi connectivity index (χ4v) is 2.39. The number of nitrogens with one attached hydrogen (secondary N) is 2. The molecule has 0 bridgehead atoms. The van der Waals surface area contributed by atoms with Gasteiger partial charge in [-0.3, -0.25) is 0 Å². The van der Waals surface area contributed by atoms with E-state index in [4.69, 9.17) is 4.52 Å². The van der Waals surface area contributed by atoms with Crippen LogP contribution in [-0.4, -0.2) is 41.6 Å². The van der Waals surface area contributed by atoms with Crippen molar-refractivity contribution >= 4 is 16.0 Å². The molecule has 2 rings (SSSR count). The second kappa shape index (κ2) is 7.09. The van der Waals surface area contributed by atoms with Crippen LogP contribution in [0.2, 0.25) is 0 Å². The van der Waals surface area contributed by atoms with Crippen LogP contribution in [0.3, 0.4) is 0 Å². The molecule has 0 saturated heterocycles. The molecular formula is C11H16N6O3S. The number of rotatable bonds is 8. The molecular weight excluding hydrogens is 296 g/mol. The summed E-state index contributed by atoms with van der Waals surface area (Å²) in [5, 5.41) is 6.41. The Kier molecular flexibility index (Phi) is 5.17. The van der Waals surface area contributed by atoms with Crippen molar-refractivity contribution in [1.82, 2.24) is 24.8 Å². The summed E-state index contributed by atoms with van der Waals surface area (Å²) in [5.41, 5.74) is 0. The summed E-state index contributed by atoms with van der Waals surface area (Å²) >= 11 is 0. The Hall–Kier alpha value is -2.07. The maximum Gasteiger partial charge on any atom is 0.243 e. The third-order valence-corrected chi connectivity index (χ3v) is 3.93. The van der Waals surface area contributed by atoms with Crippen LogP contribution >= 0.6 is 0 Å². The van der Waals surface area contributed by atoms with Gasteiger partial charge in [0.1, 0.15) is 4.90 Å². The van der Waals surface area contributed by atoms with Gasteiger partial charge in [0.2, 0.25) is 21.9 Å². The van der Waals surface area contributed by atoms with Crippen LogP contribution < -0.4 is 10.0 Å². The highest BCUT2D eigenvalue weighted by molar-refractivity contribution is 7.89. The van der Waals surface area contributed by atoms with Gasteiger partial charge in [0.05, 0.1) is 12.4 Å². The molecule has 0 unspecified atom stereocenters. The smallest absolute Gasteiger partial charge is 0.243 e. The number of hydrogen-bond donors (Lipinski definition) is 2. The van der Waals surface area contributed by atoms with E-state index < -0.39 is 10.0 Å². The first-order chi connectivity index (χ1) is 10.1. The molecule has 114 valence electrons. The second-order valence-corrected chi connectivity index (χ2v) is 5.92. The number of nitrogens with zero attached hydrogens (tertiary/aromatic N) is 4. The quantitative estimate of drug-likeness (QED) is 0.708. The molecule has 2 aromatic rings. The van der Waals surface area contributed by atoms with E-state index in [0.717, 1.165) is 13.0 Å². The molecule has 0 aliphatic carbocycles. The molecule has 0 saturated carbocycles. The summed E-state index contributed by atoms with van der Waals surface area (Å²) in [4.78, 5) is 11.7. The van der Waals surface area contributed by atoms with Gasteiger partial charge in [0, 0.05) is 19.5 Å². The molecule has 10 heteroatoms. The average Bonchev–Trinajstić information content (AvgIpc) is 2.98. The molecule has 0 fully saturated rings. The molecule has 2 aromatic heterocycles. The Morgan fingerprint density at radius 2 is 1.95 bits per heavy atom. The number of hydrogen-bond acceptors (Lipinski definition) is 8. The van der Waals surface area contributed by atoms with E-state index >= 15 is 0 Å². The van der Waals surface area contributed by atoms with Crippen molar-refractivity contribution in [2.75, 3.05) is 18.4 Å². The fourth-order valence-electron chi connectivity index (χ4n) is 1.46. The molecule has 2 heterocycles. The summed E-state index contributed by atoms with van der Waals surface area (Å²) in [7, 11) is -3.64. The maximum atomic E-state index is 12.0. The van der Waals surface area contributed by atoms with Gasteiger partial charge in [-0.2, -0.15) is 4.98 Å². The van der Waals surface area contributed by atoms with Gasteiger partial charge in [-0.1, -0.05) is 12.1 Å². The van der Waals surface area contributed by atoms with Gasteiger partial charge in [0.25, 0.3) is 0 Å². The van der Waals surface area contributed by atoms with Crippen LogP contribution in [-0.2, 0) is 16.4 Å². The largest absolute Gasteiger partial charge is 0.354 e. The van der Waals surface area contributed by atoms with E-state index in [0.29, 0.717) is 18.3 Å². The minimum Gasteiger partial charge on any atom is -0.354 e. The topological polar surface area (TPSA) is 123 Å². The molecule has 0 amide bonds. The highest BCUT2D eigenvalue weighted by Crippen LogP contribution is 2.07. The highest BCUT2D eigenvalue weighted by atomic mass is 32.2. The van der Waals surface area contributed by atoms with E-state index in [2.05, 4.69) is 30.1 Å². The molecule has 0 spiro atoms. The van der Waals surface area contributed by atoms with Crippen molar-refractivity contribution in [3.63, 3.8) is 0 Å². The van der Waals surface area contributed by atoms with E-state index in [1.807, 2.05) is 6.92 Å². The van der Waals surface area contributed by atoms with Gasteiger partial charge < -0.3 is 9.84 Å². The van der Waals surface area contributed by atoms with Gasteiger partial charge in [-0.15, -0.1) is 0 Å². The Balaban J connectivity index is 1.92. The Morgan fingerprint density at radius 3 is 2.57 bits per heavy atom. The molecule has 9 nitrogen and oxygen atoms in total. The Morgan fingerprint density at radius 1 is 1.19 bits per heavy atom. The van der Waals surface area contributed by atoms with Crippen molar-refractivity contribution in [1.29, 1.82) is 0 Å². The third kappa shape index (κ3) is 4.46. The molecule has 0 aliphatic heterocycles. The monoisotopic (exact) mass is 312 g/mol. The fraction of sp³-hybridized carbons (Fsp3) is 0.455. The van der Waals surface area contributed by atoms with Crippen molar-refractivity contribution in [3.05, 3.63) is 24.6 Å². The first kappa shape index (κ1) is 15.3. The Labute approximate surface area is 122 Å². The van der Waals surface area contributed by atoms with Crippen molar-refractivity contribution in [3.8, 4) is 0 Å². The number of anilines is 1. The predicted octanol–water partition coefficient (Wildman–Crippen LogP) is 0.202. The SMILES string of the molecule is CCCNc1ncc(S(=O)(=O)NCCc2ncno2)cn1. The zero-order valence-electron chi connectivity index (χ0n) is 11.5. The van der Waals surface area contributed by atoms with Crippen LogP contribution in [0.5, 0.6) is 0 Å². The molecule has 21 heavy (non-hydrogen) atoms. The average molecular weight is 312 g/mol.